The van der Waals surface area contributed by atoms with Crippen LogP contribution < -0.4 is 0 Å². The van der Waals surface area contributed by atoms with Crippen LogP contribution in [0.3, 0.4) is 0 Å². The molecule has 5 nitrogen and oxygen atoms in total. The Labute approximate surface area is 86.7 Å². The standard InChI is InChI=1S/C10H12N2O3/c13-10(14)9-7-5-15-4-3-8(7)11-12(9)6-1-2-6/h6H,1-5H2,(H,13,14). The molecule has 0 unspecified atom stereocenters. The molecule has 0 saturated heterocycles. The van der Waals surface area contributed by atoms with Gasteiger partial charge in [-0.3, -0.25) is 4.68 Å². The zero-order chi connectivity index (χ0) is 10.4. The number of carboxylic acid groups (broad SMARTS) is 1. The first kappa shape index (κ1) is 8.91. The first-order valence-electron chi connectivity index (χ1n) is 5.18. The maximum absolute atomic E-state index is 11.2. The topological polar surface area (TPSA) is 64.3 Å². The number of nitrogens with zero attached hydrogens (tertiary/aromatic N) is 2. The highest BCUT2D eigenvalue weighted by molar-refractivity contribution is 5.88. The van der Waals surface area contributed by atoms with Crippen LogP contribution in [0.1, 0.15) is 40.6 Å². The number of hydrogen-bond acceptors (Lipinski definition) is 3. The number of ether oxygens (including phenoxy) is 1. The third kappa shape index (κ3) is 1.34. The van der Waals surface area contributed by atoms with Crippen molar-refractivity contribution in [2.45, 2.75) is 31.9 Å². The second-order valence-electron chi connectivity index (χ2n) is 4.06. The summed E-state index contributed by atoms with van der Waals surface area (Å²) >= 11 is 0. The molecule has 0 spiro atoms. The average molecular weight is 208 g/mol. The van der Waals surface area contributed by atoms with Crippen LogP contribution >= 0.6 is 0 Å². The highest BCUT2D eigenvalue weighted by Crippen LogP contribution is 2.37. The van der Waals surface area contributed by atoms with E-state index >= 15 is 0 Å². The fourth-order valence-electron chi connectivity index (χ4n) is 2.02. The lowest BCUT2D eigenvalue weighted by molar-refractivity contribution is 0.0670. The van der Waals surface area contributed by atoms with Gasteiger partial charge in [-0.25, -0.2) is 4.79 Å². The second kappa shape index (κ2) is 3.06. The lowest BCUT2D eigenvalue weighted by Gasteiger charge is -2.10. The molecule has 1 aliphatic heterocycles. The van der Waals surface area contributed by atoms with Crippen LogP contribution in [0.4, 0.5) is 0 Å². The van der Waals surface area contributed by atoms with E-state index in [1.165, 1.54) is 0 Å². The zero-order valence-electron chi connectivity index (χ0n) is 8.27. The molecule has 15 heavy (non-hydrogen) atoms. The second-order valence-corrected chi connectivity index (χ2v) is 4.06. The predicted molar refractivity (Wildman–Crippen MR) is 50.8 cm³/mol. The number of aromatic nitrogens is 2. The normalized spacial score (nSPS) is 20.0. The SMILES string of the molecule is O=C(O)c1c2c(nn1C1CC1)CCOC2. The zero-order valence-corrected chi connectivity index (χ0v) is 8.27. The quantitative estimate of drug-likeness (QED) is 0.787. The van der Waals surface area contributed by atoms with E-state index in [9.17, 15) is 9.90 Å². The molecule has 2 heterocycles. The lowest BCUT2D eigenvalue weighted by atomic mass is 10.1. The monoisotopic (exact) mass is 208 g/mol. The first-order valence-corrected chi connectivity index (χ1v) is 5.18. The summed E-state index contributed by atoms with van der Waals surface area (Å²) in [5, 5.41) is 13.6. The summed E-state index contributed by atoms with van der Waals surface area (Å²) in [6.07, 6.45) is 2.82. The van der Waals surface area contributed by atoms with E-state index in [1.54, 1.807) is 4.68 Å². The maximum Gasteiger partial charge on any atom is 0.354 e. The molecule has 80 valence electrons. The Morgan fingerprint density at radius 2 is 2.33 bits per heavy atom. The Hall–Kier alpha value is -1.36. The van der Waals surface area contributed by atoms with Gasteiger partial charge in [0.1, 0.15) is 0 Å². The molecule has 1 aliphatic carbocycles. The Kier molecular flexibility index (Phi) is 1.82. The predicted octanol–water partition coefficient (Wildman–Crippen LogP) is 0.989. The molecule has 0 radical (unpaired) electrons. The van der Waals surface area contributed by atoms with Crippen molar-refractivity contribution in [2.75, 3.05) is 6.61 Å². The van der Waals surface area contributed by atoms with Gasteiger partial charge in [-0.05, 0) is 12.8 Å². The van der Waals surface area contributed by atoms with Crippen LogP contribution in [-0.2, 0) is 17.8 Å². The average Bonchev–Trinajstić information content (AvgIpc) is 2.98. The minimum absolute atomic E-state index is 0.307. The largest absolute Gasteiger partial charge is 0.477 e. The Balaban J connectivity index is 2.13. The molecule has 1 aromatic rings. The fourth-order valence-corrected chi connectivity index (χ4v) is 2.02. The molecule has 2 aliphatic rings. The van der Waals surface area contributed by atoms with Crippen molar-refractivity contribution in [1.29, 1.82) is 0 Å². The minimum Gasteiger partial charge on any atom is -0.477 e. The van der Waals surface area contributed by atoms with Gasteiger partial charge >= 0.3 is 5.97 Å². The highest BCUT2D eigenvalue weighted by atomic mass is 16.5. The minimum atomic E-state index is -0.888. The fraction of sp³-hybridized carbons (Fsp3) is 0.600. The van der Waals surface area contributed by atoms with Gasteiger partial charge in [-0.2, -0.15) is 5.10 Å². The van der Waals surface area contributed by atoms with Crippen LogP contribution in [0.15, 0.2) is 0 Å². The molecular weight excluding hydrogens is 196 g/mol. The van der Waals surface area contributed by atoms with Gasteiger partial charge in [0.05, 0.1) is 24.9 Å². The first-order chi connectivity index (χ1) is 7.27. The molecule has 1 N–H and O–H groups in total. The smallest absolute Gasteiger partial charge is 0.354 e. The summed E-state index contributed by atoms with van der Waals surface area (Å²) in [5.74, 6) is -0.888. The molecule has 5 heteroatoms. The summed E-state index contributed by atoms with van der Waals surface area (Å²) in [5.41, 5.74) is 2.03. The van der Waals surface area contributed by atoms with Crippen molar-refractivity contribution >= 4 is 5.97 Å². The third-order valence-corrected chi connectivity index (χ3v) is 2.92. The summed E-state index contributed by atoms with van der Waals surface area (Å²) < 4.78 is 6.97. The van der Waals surface area contributed by atoms with Crippen LogP contribution in [0.2, 0.25) is 0 Å². The Morgan fingerprint density at radius 1 is 1.53 bits per heavy atom. The van der Waals surface area contributed by atoms with Crippen molar-refractivity contribution in [3.8, 4) is 0 Å². The van der Waals surface area contributed by atoms with Gasteiger partial charge in [-0.15, -0.1) is 0 Å². The number of rotatable bonds is 2. The molecular formula is C10H12N2O3. The number of carboxylic acids is 1. The molecule has 1 saturated carbocycles. The van der Waals surface area contributed by atoms with Crippen LogP contribution in [0.25, 0.3) is 0 Å². The van der Waals surface area contributed by atoms with Gasteiger partial charge in [0.15, 0.2) is 5.69 Å². The molecule has 1 fully saturated rings. The Bertz CT molecular complexity index is 421. The van der Waals surface area contributed by atoms with Crippen LogP contribution in [0.5, 0.6) is 0 Å². The molecule has 0 atom stereocenters. The number of carbonyl (C=O) groups is 1. The Morgan fingerprint density at radius 3 is 3.00 bits per heavy atom. The van der Waals surface area contributed by atoms with Crippen molar-refractivity contribution in [3.05, 3.63) is 17.0 Å². The van der Waals surface area contributed by atoms with Gasteiger partial charge in [0.2, 0.25) is 0 Å². The molecule has 0 aromatic carbocycles. The highest BCUT2D eigenvalue weighted by Gasteiger charge is 2.33. The number of aromatic carboxylic acids is 1. The van der Waals surface area contributed by atoms with Crippen molar-refractivity contribution in [2.24, 2.45) is 0 Å². The van der Waals surface area contributed by atoms with Crippen molar-refractivity contribution in [1.82, 2.24) is 9.78 Å². The van der Waals surface area contributed by atoms with Gasteiger partial charge < -0.3 is 9.84 Å². The summed E-state index contributed by atoms with van der Waals surface area (Å²) in [7, 11) is 0. The summed E-state index contributed by atoms with van der Waals surface area (Å²) in [6, 6.07) is 0.307. The van der Waals surface area contributed by atoms with E-state index in [1.807, 2.05) is 0 Å². The maximum atomic E-state index is 11.2. The van der Waals surface area contributed by atoms with Gasteiger partial charge in [0.25, 0.3) is 0 Å². The van der Waals surface area contributed by atoms with E-state index in [0.29, 0.717) is 24.9 Å². The van der Waals surface area contributed by atoms with Gasteiger partial charge in [0, 0.05) is 12.0 Å². The molecule has 1 aromatic heterocycles. The van der Waals surface area contributed by atoms with Crippen LogP contribution in [0, 0.1) is 0 Å². The third-order valence-electron chi connectivity index (χ3n) is 2.92. The molecule has 0 bridgehead atoms. The van der Waals surface area contributed by atoms with E-state index < -0.39 is 5.97 Å². The van der Waals surface area contributed by atoms with Crippen molar-refractivity contribution in [3.63, 3.8) is 0 Å². The number of fused-ring (bicyclic) bond motifs is 1. The van der Waals surface area contributed by atoms with E-state index in [0.717, 1.165) is 30.5 Å². The van der Waals surface area contributed by atoms with E-state index in [-0.39, 0.29) is 0 Å². The van der Waals surface area contributed by atoms with Crippen LogP contribution in [-0.4, -0.2) is 27.5 Å². The number of hydrogen-bond donors (Lipinski definition) is 1. The van der Waals surface area contributed by atoms with Crippen molar-refractivity contribution < 1.29 is 14.6 Å². The summed E-state index contributed by atoms with van der Waals surface area (Å²) in [4.78, 5) is 11.2. The molecule has 0 amide bonds. The summed E-state index contributed by atoms with van der Waals surface area (Å²) in [6.45, 7) is 1.04. The van der Waals surface area contributed by atoms with Gasteiger partial charge in [-0.1, -0.05) is 0 Å². The van der Waals surface area contributed by atoms with E-state index in [2.05, 4.69) is 5.10 Å². The van der Waals surface area contributed by atoms with E-state index in [4.69, 9.17) is 4.74 Å². The lowest BCUT2D eigenvalue weighted by Crippen LogP contribution is -2.13. The molecule has 3 rings (SSSR count).